The number of nitrogens with zero attached hydrogens (tertiary/aromatic N) is 1. The Balaban J connectivity index is 2.18. The molecule has 1 aliphatic heterocycles. The largest absolute Gasteiger partial charge is 0.387 e. The Labute approximate surface area is 94.7 Å². The second-order valence-electron chi connectivity index (χ2n) is 5.16. The summed E-state index contributed by atoms with van der Waals surface area (Å²) in [4.78, 5) is 2.41. The van der Waals surface area contributed by atoms with Gasteiger partial charge in [-0.1, -0.05) is 40.0 Å². The van der Waals surface area contributed by atoms with Gasteiger partial charge in [0, 0.05) is 19.6 Å². The molecule has 0 aliphatic carbocycles. The van der Waals surface area contributed by atoms with Crippen LogP contribution >= 0.6 is 0 Å². The number of hydrogen-bond acceptors (Lipinski definition) is 2. The van der Waals surface area contributed by atoms with Crippen LogP contribution in [0.5, 0.6) is 0 Å². The number of hydrogen-bond donors (Lipinski definition) is 1. The SMILES string of the molecule is CCCCC(CC)CN1CC(O)(CC)C1. The molecule has 0 amide bonds. The van der Waals surface area contributed by atoms with Gasteiger partial charge in [-0.15, -0.1) is 0 Å². The lowest BCUT2D eigenvalue weighted by atomic mass is 9.89. The van der Waals surface area contributed by atoms with Crippen molar-refractivity contribution in [1.82, 2.24) is 4.90 Å². The van der Waals surface area contributed by atoms with E-state index in [1.807, 2.05) is 0 Å². The summed E-state index contributed by atoms with van der Waals surface area (Å²) in [5.74, 6) is 0.839. The summed E-state index contributed by atoms with van der Waals surface area (Å²) in [6.45, 7) is 9.60. The predicted octanol–water partition coefficient (Wildman–Crippen LogP) is 2.66. The number of unbranched alkanes of at least 4 members (excludes halogenated alkanes) is 1. The van der Waals surface area contributed by atoms with E-state index in [-0.39, 0.29) is 5.60 Å². The van der Waals surface area contributed by atoms with E-state index in [0.29, 0.717) is 0 Å². The molecule has 1 aliphatic rings. The first kappa shape index (κ1) is 13.0. The van der Waals surface area contributed by atoms with Gasteiger partial charge in [0.15, 0.2) is 0 Å². The molecule has 2 heteroatoms. The van der Waals surface area contributed by atoms with Gasteiger partial charge in [0.25, 0.3) is 0 Å². The van der Waals surface area contributed by atoms with Crippen molar-refractivity contribution in [3.05, 3.63) is 0 Å². The Kier molecular flexibility index (Phi) is 5.07. The summed E-state index contributed by atoms with van der Waals surface area (Å²) in [6, 6.07) is 0. The summed E-state index contributed by atoms with van der Waals surface area (Å²) >= 11 is 0. The Morgan fingerprint density at radius 2 is 1.93 bits per heavy atom. The van der Waals surface area contributed by atoms with Gasteiger partial charge < -0.3 is 5.11 Å². The molecule has 1 fully saturated rings. The van der Waals surface area contributed by atoms with Crippen LogP contribution in [0.15, 0.2) is 0 Å². The highest BCUT2D eigenvalue weighted by atomic mass is 16.3. The lowest BCUT2D eigenvalue weighted by Crippen LogP contribution is -2.62. The standard InChI is InChI=1S/C13H27NO/c1-4-7-8-12(5-2)9-14-10-13(15,6-3)11-14/h12,15H,4-11H2,1-3H3. The Morgan fingerprint density at radius 1 is 1.27 bits per heavy atom. The van der Waals surface area contributed by atoms with Crippen molar-refractivity contribution in [2.24, 2.45) is 5.92 Å². The lowest BCUT2D eigenvalue weighted by molar-refractivity contribution is -0.104. The van der Waals surface area contributed by atoms with E-state index in [0.717, 1.165) is 25.4 Å². The summed E-state index contributed by atoms with van der Waals surface area (Å²) in [7, 11) is 0. The Hall–Kier alpha value is -0.0800. The van der Waals surface area contributed by atoms with Crippen molar-refractivity contribution in [2.75, 3.05) is 19.6 Å². The lowest BCUT2D eigenvalue weighted by Gasteiger charge is -2.47. The molecule has 1 N–H and O–H groups in total. The topological polar surface area (TPSA) is 23.5 Å². The van der Waals surface area contributed by atoms with Crippen molar-refractivity contribution in [3.8, 4) is 0 Å². The molecule has 1 unspecified atom stereocenters. The molecule has 90 valence electrons. The first-order valence-corrected chi connectivity index (χ1v) is 6.58. The van der Waals surface area contributed by atoms with E-state index in [1.54, 1.807) is 0 Å². The highest BCUT2D eigenvalue weighted by Gasteiger charge is 2.39. The second kappa shape index (κ2) is 5.86. The van der Waals surface area contributed by atoms with Crippen molar-refractivity contribution < 1.29 is 5.11 Å². The average Bonchev–Trinajstić information content (AvgIpc) is 2.21. The van der Waals surface area contributed by atoms with Gasteiger partial charge in [-0.05, 0) is 18.8 Å². The molecule has 1 atom stereocenters. The third-order valence-corrected chi connectivity index (χ3v) is 3.75. The number of aliphatic hydroxyl groups is 1. The van der Waals surface area contributed by atoms with E-state index < -0.39 is 0 Å². The summed E-state index contributed by atoms with van der Waals surface area (Å²) in [6.07, 6.45) is 6.18. The smallest absolute Gasteiger partial charge is 0.0897 e. The average molecular weight is 213 g/mol. The van der Waals surface area contributed by atoms with Crippen LogP contribution in [0.4, 0.5) is 0 Å². The fourth-order valence-corrected chi connectivity index (χ4v) is 2.42. The molecule has 0 bridgehead atoms. The van der Waals surface area contributed by atoms with E-state index in [1.165, 1.54) is 32.2 Å². The van der Waals surface area contributed by atoms with Gasteiger partial charge in [-0.2, -0.15) is 0 Å². The van der Waals surface area contributed by atoms with Crippen LogP contribution in [0, 0.1) is 5.92 Å². The maximum absolute atomic E-state index is 9.91. The zero-order valence-corrected chi connectivity index (χ0v) is 10.6. The maximum atomic E-state index is 9.91. The molecule has 0 aromatic rings. The van der Waals surface area contributed by atoms with Gasteiger partial charge in [-0.25, -0.2) is 0 Å². The summed E-state index contributed by atoms with van der Waals surface area (Å²) in [5, 5.41) is 9.91. The predicted molar refractivity (Wildman–Crippen MR) is 65.0 cm³/mol. The Bertz CT molecular complexity index is 175. The first-order valence-electron chi connectivity index (χ1n) is 6.58. The minimum absolute atomic E-state index is 0.358. The van der Waals surface area contributed by atoms with Gasteiger partial charge in [0.05, 0.1) is 5.60 Å². The molecule has 0 saturated carbocycles. The molecule has 0 aromatic heterocycles. The molecule has 2 nitrogen and oxygen atoms in total. The fourth-order valence-electron chi connectivity index (χ4n) is 2.42. The maximum Gasteiger partial charge on any atom is 0.0897 e. The molecule has 1 saturated heterocycles. The fraction of sp³-hybridized carbons (Fsp3) is 1.00. The van der Waals surface area contributed by atoms with Crippen LogP contribution in [0.2, 0.25) is 0 Å². The first-order chi connectivity index (χ1) is 7.13. The van der Waals surface area contributed by atoms with Crippen LogP contribution in [0.3, 0.4) is 0 Å². The number of β-amino-alcohol motifs (C(OH)–C–C–N with tert-alkyl or cyclic N) is 1. The third kappa shape index (κ3) is 3.76. The highest BCUT2D eigenvalue weighted by Crippen LogP contribution is 2.26. The molecular weight excluding hydrogens is 186 g/mol. The van der Waals surface area contributed by atoms with Crippen LogP contribution in [-0.4, -0.2) is 35.2 Å². The minimum Gasteiger partial charge on any atom is -0.387 e. The zero-order valence-electron chi connectivity index (χ0n) is 10.6. The van der Waals surface area contributed by atoms with E-state index in [4.69, 9.17) is 0 Å². The molecule has 0 aromatic carbocycles. The van der Waals surface area contributed by atoms with Crippen LogP contribution in [-0.2, 0) is 0 Å². The Morgan fingerprint density at radius 3 is 2.40 bits per heavy atom. The van der Waals surface area contributed by atoms with E-state index in [9.17, 15) is 5.11 Å². The van der Waals surface area contributed by atoms with Crippen LogP contribution in [0.25, 0.3) is 0 Å². The quantitative estimate of drug-likeness (QED) is 0.703. The molecule has 1 rings (SSSR count). The molecular formula is C13H27NO. The van der Waals surface area contributed by atoms with Gasteiger partial charge in [0.2, 0.25) is 0 Å². The van der Waals surface area contributed by atoms with Crippen LogP contribution < -0.4 is 0 Å². The van der Waals surface area contributed by atoms with Crippen molar-refractivity contribution >= 4 is 0 Å². The van der Waals surface area contributed by atoms with Gasteiger partial charge >= 0.3 is 0 Å². The molecule has 0 radical (unpaired) electrons. The molecule has 0 spiro atoms. The monoisotopic (exact) mass is 213 g/mol. The molecule has 15 heavy (non-hydrogen) atoms. The van der Waals surface area contributed by atoms with Gasteiger partial charge in [0.1, 0.15) is 0 Å². The minimum atomic E-state index is -0.358. The van der Waals surface area contributed by atoms with Gasteiger partial charge in [-0.3, -0.25) is 4.90 Å². The normalized spacial score (nSPS) is 22.4. The molecule has 1 heterocycles. The van der Waals surface area contributed by atoms with Crippen LogP contribution in [0.1, 0.15) is 52.9 Å². The summed E-state index contributed by atoms with van der Waals surface area (Å²) in [5.41, 5.74) is -0.358. The van der Waals surface area contributed by atoms with Crippen molar-refractivity contribution in [2.45, 2.75) is 58.5 Å². The van der Waals surface area contributed by atoms with E-state index in [2.05, 4.69) is 25.7 Å². The third-order valence-electron chi connectivity index (χ3n) is 3.75. The summed E-state index contributed by atoms with van der Waals surface area (Å²) < 4.78 is 0. The van der Waals surface area contributed by atoms with E-state index >= 15 is 0 Å². The second-order valence-corrected chi connectivity index (χ2v) is 5.16. The van der Waals surface area contributed by atoms with Crippen molar-refractivity contribution in [3.63, 3.8) is 0 Å². The van der Waals surface area contributed by atoms with Crippen molar-refractivity contribution in [1.29, 1.82) is 0 Å². The number of rotatable bonds is 7. The zero-order chi connectivity index (χ0) is 11.3. The number of likely N-dealkylation sites (tertiary alicyclic amines) is 1. The highest BCUT2D eigenvalue weighted by molar-refractivity contribution is 4.94.